The molecule has 1 heterocycles. The maximum Gasteiger partial charge on any atom is 0.220 e. The number of aliphatic hydroxyl groups is 5. The van der Waals surface area contributed by atoms with E-state index in [1.54, 1.807) is 6.08 Å². The van der Waals surface area contributed by atoms with Crippen LogP contribution in [0, 0.1) is 0 Å². The third-order valence-electron chi connectivity index (χ3n) is 13.6. The van der Waals surface area contributed by atoms with Crippen LogP contribution in [0.2, 0.25) is 0 Å². The molecule has 1 aliphatic heterocycles. The molecule has 0 radical (unpaired) electrons. The van der Waals surface area contributed by atoms with Gasteiger partial charge in [0.2, 0.25) is 5.91 Å². The van der Waals surface area contributed by atoms with E-state index in [1.807, 2.05) is 13.0 Å². The third kappa shape index (κ3) is 35.1. The normalized spacial score (nSPS) is 20.0. The van der Waals surface area contributed by atoms with Crippen molar-refractivity contribution in [1.29, 1.82) is 0 Å². The molecule has 0 aliphatic carbocycles. The number of carbonyl (C=O) groups is 1. The third-order valence-corrected chi connectivity index (χ3v) is 13.6. The summed E-state index contributed by atoms with van der Waals surface area (Å²) in [5, 5.41) is 53.5. The second-order valence-corrected chi connectivity index (χ2v) is 19.7. The highest BCUT2D eigenvalue weighted by Crippen LogP contribution is 2.23. The molecule has 9 heteroatoms. The molecule has 1 fully saturated rings. The molecule has 1 amide bonds. The summed E-state index contributed by atoms with van der Waals surface area (Å²) in [6.07, 6.45) is 50.0. The zero-order chi connectivity index (χ0) is 46.6. The Kier molecular flexibility index (Phi) is 43.5. The van der Waals surface area contributed by atoms with E-state index >= 15 is 0 Å². The smallest absolute Gasteiger partial charge is 0.220 e. The summed E-state index contributed by atoms with van der Waals surface area (Å²) in [5.41, 5.74) is 0. The van der Waals surface area contributed by atoms with Gasteiger partial charge in [-0.2, -0.15) is 0 Å². The van der Waals surface area contributed by atoms with E-state index in [0.717, 1.165) is 32.1 Å². The fourth-order valence-corrected chi connectivity index (χ4v) is 9.17. The van der Waals surface area contributed by atoms with Crippen molar-refractivity contribution in [3.63, 3.8) is 0 Å². The topological polar surface area (TPSA) is 149 Å². The predicted octanol–water partition coefficient (Wildman–Crippen LogP) is 13.2. The second-order valence-electron chi connectivity index (χ2n) is 19.7. The highest BCUT2D eigenvalue weighted by molar-refractivity contribution is 5.76. The summed E-state index contributed by atoms with van der Waals surface area (Å²) >= 11 is 0. The lowest BCUT2D eigenvalue weighted by molar-refractivity contribution is -0.302. The number of amides is 1. The summed E-state index contributed by atoms with van der Waals surface area (Å²) in [6.45, 7) is 3.58. The van der Waals surface area contributed by atoms with Crippen LogP contribution in [-0.4, -0.2) is 87.5 Å². The van der Waals surface area contributed by atoms with Crippen molar-refractivity contribution >= 4 is 5.91 Å². The van der Waals surface area contributed by atoms with Crippen molar-refractivity contribution < 1.29 is 39.8 Å². The summed E-state index contributed by atoms with van der Waals surface area (Å²) in [7, 11) is 0. The highest BCUT2D eigenvalue weighted by atomic mass is 16.7. The Morgan fingerprint density at radius 1 is 0.516 bits per heavy atom. The van der Waals surface area contributed by atoms with Crippen LogP contribution in [0.4, 0.5) is 0 Å². The van der Waals surface area contributed by atoms with Gasteiger partial charge in [-0.3, -0.25) is 4.79 Å². The molecule has 7 atom stereocenters. The van der Waals surface area contributed by atoms with Gasteiger partial charge in [-0.25, -0.2) is 0 Å². The lowest BCUT2D eigenvalue weighted by Crippen LogP contribution is -2.60. The Balaban J connectivity index is 1.87. The van der Waals surface area contributed by atoms with Crippen LogP contribution in [0.3, 0.4) is 0 Å². The van der Waals surface area contributed by atoms with Gasteiger partial charge in [0.25, 0.3) is 0 Å². The van der Waals surface area contributed by atoms with Crippen molar-refractivity contribution in [1.82, 2.24) is 5.32 Å². The Morgan fingerprint density at radius 3 is 1.19 bits per heavy atom. The average molecular weight is 910 g/mol. The van der Waals surface area contributed by atoms with Crippen LogP contribution in [0.5, 0.6) is 0 Å². The second kappa shape index (κ2) is 45.7. The van der Waals surface area contributed by atoms with E-state index in [2.05, 4.69) is 12.2 Å². The number of nitrogens with one attached hydrogen (secondary N) is 1. The van der Waals surface area contributed by atoms with Gasteiger partial charge in [0.1, 0.15) is 24.4 Å². The van der Waals surface area contributed by atoms with E-state index in [0.29, 0.717) is 6.42 Å². The lowest BCUT2D eigenvalue weighted by Gasteiger charge is -2.40. The maximum atomic E-state index is 12.8. The van der Waals surface area contributed by atoms with Crippen molar-refractivity contribution in [2.75, 3.05) is 13.2 Å². The van der Waals surface area contributed by atoms with Gasteiger partial charge in [0.05, 0.1) is 25.4 Å². The first kappa shape index (κ1) is 60.9. The largest absolute Gasteiger partial charge is 0.394 e. The highest BCUT2D eigenvalue weighted by Gasteiger charge is 2.44. The van der Waals surface area contributed by atoms with Gasteiger partial charge in [-0.05, 0) is 12.8 Å². The molecule has 64 heavy (non-hydrogen) atoms. The molecule has 7 unspecified atom stereocenters. The monoisotopic (exact) mass is 910 g/mol. The molecule has 1 rings (SSSR count). The van der Waals surface area contributed by atoms with E-state index < -0.39 is 49.5 Å². The number of rotatable bonds is 48. The number of unbranched alkanes of at least 4 members (excludes halogenated alkanes) is 38. The summed E-state index contributed by atoms with van der Waals surface area (Å²) in [4.78, 5) is 12.8. The first-order valence-corrected chi connectivity index (χ1v) is 27.9. The number of aliphatic hydroxyl groups excluding tert-OH is 5. The minimum atomic E-state index is -1.56. The lowest BCUT2D eigenvalue weighted by atomic mass is 9.99. The molecule has 0 bridgehead atoms. The Labute approximate surface area is 395 Å². The first-order valence-electron chi connectivity index (χ1n) is 27.9. The Bertz CT molecular complexity index is 1010. The number of carbonyl (C=O) groups excluding carboxylic acids is 1. The van der Waals surface area contributed by atoms with Gasteiger partial charge in [-0.15, -0.1) is 0 Å². The molecule has 9 nitrogen and oxygen atoms in total. The van der Waals surface area contributed by atoms with Gasteiger partial charge >= 0.3 is 0 Å². The van der Waals surface area contributed by atoms with E-state index in [4.69, 9.17) is 9.47 Å². The van der Waals surface area contributed by atoms with Crippen LogP contribution in [0.1, 0.15) is 277 Å². The molecule has 0 aromatic carbocycles. The number of allylic oxidation sites excluding steroid dienone is 1. The van der Waals surface area contributed by atoms with Crippen LogP contribution >= 0.6 is 0 Å². The van der Waals surface area contributed by atoms with Crippen LogP contribution in [-0.2, 0) is 14.3 Å². The van der Waals surface area contributed by atoms with Crippen molar-refractivity contribution in [3.8, 4) is 0 Å². The van der Waals surface area contributed by atoms with Gasteiger partial charge in [0, 0.05) is 6.42 Å². The molecular weight excluding hydrogens is 803 g/mol. The number of hydrogen-bond donors (Lipinski definition) is 6. The predicted molar refractivity (Wildman–Crippen MR) is 267 cm³/mol. The minimum absolute atomic E-state index is 0.184. The van der Waals surface area contributed by atoms with E-state index in [-0.39, 0.29) is 12.5 Å². The molecule has 0 spiro atoms. The van der Waals surface area contributed by atoms with Crippen molar-refractivity contribution in [2.45, 2.75) is 320 Å². The fraction of sp³-hybridized carbons (Fsp3) is 0.945. The maximum absolute atomic E-state index is 12.8. The summed E-state index contributed by atoms with van der Waals surface area (Å²) in [6, 6.07) is -0.796. The molecule has 0 saturated carbocycles. The van der Waals surface area contributed by atoms with Gasteiger partial charge < -0.3 is 40.3 Å². The van der Waals surface area contributed by atoms with Crippen LogP contribution in [0.25, 0.3) is 0 Å². The van der Waals surface area contributed by atoms with Crippen molar-refractivity contribution in [2.24, 2.45) is 0 Å². The van der Waals surface area contributed by atoms with E-state index in [9.17, 15) is 30.3 Å². The van der Waals surface area contributed by atoms with E-state index in [1.165, 1.54) is 225 Å². The Hall–Kier alpha value is -1.07. The average Bonchev–Trinajstić information content (AvgIpc) is 3.29. The summed E-state index contributed by atoms with van der Waals surface area (Å²) < 4.78 is 11.1. The quantitative estimate of drug-likeness (QED) is 0.0261. The zero-order valence-electron chi connectivity index (χ0n) is 42.1. The molecule has 6 N–H and O–H groups in total. The zero-order valence-corrected chi connectivity index (χ0v) is 42.1. The molecule has 1 saturated heterocycles. The van der Waals surface area contributed by atoms with Crippen LogP contribution < -0.4 is 5.32 Å². The van der Waals surface area contributed by atoms with Gasteiger partial charge in [0.15, 0.2) is 6.29 Å². The molecule has 1 aliphatic rings. The number of hydrogen-bond acceptors (Lipinski definition) is 8. The number of ether oxygens (including phenoxy) is 2. The van der Waals surface area contributed by atoms with Crippen LogP contribution in [0.15, 0.2) is 12.2 Å². The molecular formula is C55H107NO8. The minimum Gasteiger partial charge on any atom is -0.394 e. The SMILES string of the molecule is CCC/C=C/C(O)C(COC1OC(CO)C(O)C(O)C1O)NC(=O)CCCCCCCCCCCCCCCCCCCCCCCCCCCCCCCCCCCCCCCC. The molecule has 380 valence electrons. The summed E-state index contributed by atoms with van der Waals surface area (Å²) in [5.74, 6) is -0.184. The molecule has 0 aromatic heterocycles. The standard InChI is InChI=1S/C55H107NO8/c1-3-5-7-8-9-10-11-12-13-14-15-16-17-18-19-20-21-22-23-24-25-26-27-28-29-30-31-32-33-34-35-36-37-38-39-40-41-43-45-51(59)56-48(49(58)44-42-6-4-2)47-63-55-54(62)53(61)52(60)50(46-57)64-55/h42,44,48-50,52-55,57-58,60-62H,3-41,43,45-47H2,1-2H3,(H,56,59)/b44-42+. The first-order chi connectivity index (χ1) is 31.3. The molecule has 0 aromatic rings. The Morgan fingerprint density at radius 2 is 0.859 bits per heavy atom. The fourth-order valence-electron chi connectivity index (χ4n) is 9.17. The van der Waals surface area contributed by atoms with Crippen molar-refractivity contribution in [3.05, 3.63) is 12.2 Å². The van der Waals surface area contributed by atoms with Gasteiger partial charge in [-0.1, -0.05) is 270 Å².